The zero-order valence-corrected chi connectivity index (χ0v) is 30.8. The number of aliphatic hydroxyl groups excluding tert-OH is 7. The Hall–Kier alpha value is -1.50. The minimum atomic E-state index is -2.69. The molecule has 2 rings (SSSR count). The predicted octanol–water partition coefficient (Wildman–Crippen LogP) is 1.63. The number of hydrogen-bond donors (Lipinski definition) is 9. The first-order valence-electron chi connectivity index (χ1n) is 19.1. The van der Waals surface area contributed by atoms with Gasteiger partial charge in [-0.25, -0.2) is 4.79 Å². The molecule has 0 unspecified atom stereocenters. The van der Waals surface area contributed by atoms with Crippen molar-refractivity contribution in [3.8, 4) is 0 Å². The van der Waals surface area contributed by atoms with E-state index in [0.717, 1.165) is 26.2 Å². The van der Waals surface area contributed by atoms with Crippen molar-refractivity contribution in [2.45, 2.75) is 203 Å². The zero-order chi connectivity index (χ0) is 38.0. The first-order valence-corrected chi connectivity index (χ1v) is 19.1. The maximum absolute atomic E-state index is 12.6. The van der Waals surface area contributed by atoms with Gasteiger partial charge >= 0.3 is 5.97 Å². The van der Waals surface area contributed by atoms with Gasteiger partial charge in [0, 0.05) is 20.0 Å². The second-order valence-corrected chi connectivity index (χ2v) is 14.3. The predicted molar refractivity (Wildman–Crippen MR) is 185 cm³/mol. The number of nitrogens with one attached hydrogen (secondary N) is 1. The van der Waals surface area contributed by atoms with Crippen LogP contribution in [0, 0.1) is 0 Å². The molecule has 2 fully saturated rings. The molecule has 2 aliphatic rings. The number of amides is 1. The number of carboxylic acid groups (broad SMARTS) is 1. The molecule has 0 spiro atoms. The van der Waals surface area contributed by atoms with Crippen molar-refractivity contribution >= 4 is 11.9 Å². The third kappa shape index (κ3) is 14.7. The van der Waals surface area contributed by atoms with Crippen molar-refractivity contribution < 1.29 is 69.4 Å². The number of carbonyl (C=O) groups is 2. The molecule has 2 aliphatic heterocycles. The molecule has 2 saturated heterocycles. The number of aliphatic hydroxyl groups is 7. The lowest BCUT2D eigenvalue weighted by Gasteiger charge is -2.49. The number of aliphatic carboxylic acids is 1. The summed E-state index contributed by atoms with van der Waals surface area (Å²) in [7, 11) is 0. The molecule has 0 saturated carbocycles. The number of hydrogen-bond acceptors (Lipinski definition) is 13. The zero-order valence-electron chi connectivity index (χ0n) is 30.8. The third-order valence-electron chi connectivity index (χ3n) is 9.91. The van der Waals surface area contributed by atoms with Crippen LogP contribution >= 0.6 is 0 Å². The van der Waals surface area contributed by atoms with Gasteiger partial charge in [-0.15, -0.1) is 0 Å². The number of carboxylic acids is 1. The van der Waals surface area contributed by atoms with Crippen LogP contribution in [0.4, 0.5) is 0 Å². The van der Waals surface area contributed by atoms with E-state index in [2.05, 4.69) is 12.2 Å². The summed E-state index contributed by atoms with van der Waals surface area (Å²) in [6.45, 7) is 3.95. The Kier molecular flexibility index (Phi) is 21.5. The van der Waals surface area contributed by atoms with E-state index in [1.54, 1.807) is 0 Å². The molecule has 9 N–H and O–H groups in total. The maximum Gasteiger partial charge on any atom is 0.364 e. The summed E-state index contributed by atoms with van der Waals surface area (Å²) < 4.78 is 22.9. The summed E-state index contributed by atoms with van der Waals surface area (Å²) in [6, 6.07) is -1.39. The van der Waals surface area contributed by atoms with E-state index in [1.165, 1.54) is 84.0 Å². The Morgan fingerprint density at radius 2 is 1.31 bits per heavy atom. The van der Waals surface area contributed by atoms with E-state index >= 15 is 0 Å². The fraction of sp³-hybridized carbons (Fsp3) is 0.944. The van der Waals surface area contributed by atoms with Crippen molar-refractivity contribution in [1.29, 1.82) is 0 Å². The van der Waals surface area contributed by atoms with Crippen LogP contribution in [0.3, 0.4) is 0 Å². The van der Waals surface area contributed by atoms with Gasteiger partial charge in [0.1, 0.15) is 42.7 Å². The van der Waals surface area contributed by atoms with Gasteiger partial charge in [0.15, 0.2) is 6.29 Å². The van der Waals surface area contributed by atoms with Gasteiger partial charge in [0.05, 0.1) is 24.9 Å². The summed E-state index contributed by atoms with van der Waals surface area (Å²) in [5.74, 6) is -5.08. The van der Waals surface area contributed by atoms with Crippen LogP contribution < -0.4 is 5.32 Å². The fourth-order valence-corrected chi connectivity index (χ4v) is 6.87. The Morgan fingerprint density at radius 3 is 1.78 bits per heavy atom. The van der Waals surface area contributed by atoms with Gasteiger partial charge in [-0.3, -0.25) is 4.79 Å². The Labute approximate surface area is 302 Å². The summed E-state index contributed by atoms with van der Waals surface area (Å²) in [5, 5.41) is 85.4. The van der Waals surface area contributed by atoms with E-state index < -0.39 is 98.0 Å². The van der Waals surface area contributed by atoms with Crippen LogP contribution in [0.5, 0.6) is 0 Å². The molecule has 0 bridgehead atoms. The molecule has 1 amide bonds. The monoisotopic (exact) mass is 737 g/mol. The largest absolute Gasteiger partial charge is 0.477 e. The molecule has 0 aromatic rings. The minimum absolute atomic E-state index is 0.205. The number of unbranched alkanes of at least 4 members (excludes halogenated alkanes) is 15. The average molecular weight is 738 g/mol. The van der Waals surface area contributed by atoms with Gasteiger partial charge in [0.25, 0.3) is 5.79 Å². The lowest BCUT2D eigenvalue weighted by atomic mass is 9.88. The van der Waals surface area contributed by atoms with E-state index in [1.807, 2.05) is 0 Å². The van der Waals surface area contributed by atoms with Crippen molar-refractivity contribution in [3.05, 3.63) is 0 Å². The Bertz CT molecular complexity index is 976. The smallest absolute Gasteiger partial charge is 0.364 e. The minimum Gasteiger partial charge on any atom is -0.477 e. The molecular formula is C36H67NO14. The topological polar surface area (TPSA) is 245 Å². The van der Waals surface area contributed by atoms with Gasteiger partial charge in [-0.2, -0.15) is 0 Å². The highest BCUT2D eigenvalue weighted by atomic mass is 16.7. The Morgan fingerprint density at radius 1 is 0.804 bits per heavy atom. The van der Waals surface area contributed by atoms with Gasteiger partial charge in [-0.05, 0) is 13.3 Å². The van der Waals surface area contributed by atoms with Crippen LogP contribution in [-0.2, 0) is 28.5 Å². The molecule has 15 nitrogen and oxygen atoms in total. The lowest BCUT2D eigenvalue weighted by Crippen LogP contribution is -2.69. The van der Waals surface area contributed by atoms with Crippen molar-refractivity contribution in [3.63, 3.8) is 0 Å². The first-order chi connectivity index (χ1) is 24.3. The molecule has 12 atom stereocenters. The second-order valence-electron chi connectivity index (χ2n) is 14.3. The van der Waals surface area contributed by atoms with Crippen molar-refractivity contribution in [2.24, 2.45) is 0 Å². The molecule has 51 heavy (non-hydrogen) atoms. The van der Waals surface area contributed by atoms with E-state index in [9.17, 15) is 50.4 Å². The molecule has 300 valence electrons. The van der Waals surface area contributed by atoms with E-state index in [-0.39, 0.29) is 6.61 Å². The summed E-state index contributed by atoms with van der Waals surface area (Å²) in [5.41, 5.74) is 0. The summed E-state index contributed by atoms with van der Waals surface area (Å²) >= 11 is 0. The van der Waals surface area contributed by atoms with Gasteiger partial charge in [0.2, 0.25) is 5.91 Å². The first kappa shape index (κ1) is 45.7. The standard InChI is InChI=1S/C36H67NO14/c1-4-5-6-7-8-9-10-11-12-13-14-15-16-17-18-19-20-48-34-31(45)29(43)30(44)32(49-34)23(2)50-36(35(46)47)21-25(40)27(37-24(3)39)33(51-36)28(42)26(41)22-38/h23,25-34,38,40-45H,4-22H2,1-3H3,(H,37,39)(H,46,47)/t23-,25+,26-,27-,28-,29+,30-,31-,32-,33-,34-,36-/m1/s1. The maximum atomic E-state index is 12.6. The van der Waals surface area contributed by atoms with Crippen molar-refractivity contribution in [2.75, 3.05) is 13.2 Å². The van der Waals surface area contributed by atoms with Crippen LogP contribution in [0.25, 0.3) is 0 Å². The highest BCUT2D eigenvalue weighted by Gasteiger charge is 2.58. The van der Waals surface area contributed by atoms with Crippen LogP contribution in [0.15, 0.2) is 0 Å². The van der Waals surface area contributed by atoms with E-state index in [0.29, 0.717) is 6.42 Å². The molecule has 15 heteroatoms. The number of carbonyl (C=O) groups excluding carboxylic acids is 1. The average Bonchev–Trinajstić information content (AvgIpc) is 3.09. The highest BCUT2D eigenvalue weighted by Crippen LogP contribution is 2.36. The second kappa shape index (κ2) is 24.0. The third-order valence-corrected chi connectivity index (χ3v) is 9.91. The molecule has 0 aromatic carbocycles. The molecular weight excluding hydrogens is 670 g/mol. The van der Waals surface area contributed by atoms with Crippen LogP contribution in [-0.4, -0.2) is 139 Å². The number of ether oxygens (including phenoxy) is 4. The van der Waals surface area contributed by atoms with Gasteiger partial charge < -0.3 is 65.1 Å². The quantitative estimate of drug-likeness (QED) is 0.0573. The molecule has 0 aromatic heterocycles. The summed E-state index contributed by atoms with van der Waals surface area (Å²) in [6.07, 6.45) is 2.17. The Balaban J connectivity index is 1.84. The number of rotatable bonds is 26. The van der Waals surface area contributed by atoms with E-state index in [4.69, 9.17) is 18.9 Å². The van der Waals surface area contributed by atoms with Crippen LogP contribution in [0.2, 0.25) is 0 Å². The van der Waals surface area contributed by atoms with Crippen molar-refractivity contribution in [1.82, 2.24) is 5.32 Å². The normalized spacial score (nSPS) is 31.6. The molecule has 0 aliphatic carbocycles. The SMILES string of the molecule is CCCCCCCCCCCCCCCCCCO[C@@H]1O[C@H]([C@@H](C)O[C@]2(C(=O)O)C[C@H](O)[C@@H](NC(C)=O)[C@H]([C@H](O)[C@H](O)CO)O2)[C@H](O)[C@H](O)[C@H]1O. The summed E-state index contributed by atoms with van der Waals surface area (Å²) in [4.78, 5) is 24.3. The lowest BCUT2D eigenvalue weighted by molar-refractivity contribution is -0.353. The molecule has 2 heterocycles. The molecule has 0 radical (unpaired) electrons. The fourth-order valence-electron chi connectivity index (χ4n) is 6.87. The highest BCUT2D eigenvalue weighted by molar-refractivity contribution is 5.76. The van der Waals surface area contributed by atoms with Crippen LogP contribution in [0.1, 0.15) is 130 Å². The van der Waals surface area contributed by atoms with Gasteiger partial charge in [-0.1, -0.05) is 103 Å².